The second-order valence-corrected chi connectivity index (χ2v) is 8.94. The van der Waals surface area contributed by atoms with Gasteiger partial charge in [-0.05, 0) is 45.8 Å². The highest BCUT2D eigenvalue weighted by Gasteiger charge is 2.41. The topological polar surface area (TPSA) is 27.7 Å². The number of rotatable bonds is 24. The number of unbranched alkanes of at least 4 members (excludes halogenated alkanes) is 12. The van der Waals surface area contributed by atoms with Crippen molar-refractivity contribution in [1.29, 1.82) is 0 Å². The molecule has 0 N–H and O–H groups in total. The van der Waals surface area contributed by atoms with E-state index in [0.29, 0.717) is 25.7 Å². The molecule has 0 spiro atoms. The van der Waals surface area contributed by atoms with E-state index in [-0.39, 0.29) is 0 Å². The van der Waals surface area contributed by atoms with Crippen molar-refractivity contribution in [2.75, 3.05) is 25.6 Å². The van der Waals surface area contributed by atoms with Crippen LogP contribution in [0.25, 0.3) is 0 Å². The molecule has 4 heteroatoms. The minimum absolute atomic E-state index is 0.318. The first kappa shape index (κ1) is 30.2. The second-order valence-electron chi connectivity index (χ2n) is 8.50. The Morgan fingerprint density at radius 3 is 1.27 bits per heavy atom. The van der Waals surface area contributed by atoms with Crippen molar-refractivity contribution < 1.29 is 14.2 Å². The third-order valence-electron chi connectivity index (χ3n) is 5.90. The summed E-state index contributed by atoms with van der Waals surface area (Å²) < 4.78 is 18.5. The molecule has 0 bridgehead atoms. The Morgan fingerprint density at radius 2 is 0.900 bits per heavy atom. The maximum atomic E-state index is 6.15. The van der Waals surface area contributed by atoms with Crippen molar-refractivity contribution in [1.82, 2.24) is 0 Å². The summed E-state index contributed by atoms with van der Waals surface area (Å²) in [7, 11) is 0. The summed E-state index contributed by atoms with van der Waals surface area (Å²) in [5, 5.41) is 0. The van der Waals surface area contributed by atoms with E-state index in [2.05, 4.69) is 19.6 Å². The molecule has 0 fully saturated rings. The van der Waals surface area contributed by atoms with Gasteiger partial charge in [-0.2, -0.15) is 12.6 Å². The van der Waals surface area contributed by atoms with Gasteiger partial charge in [-0.15, -0.1) is 0 Å². The zero-order valence-corrected chi connectivity index (χ0v) is 21.8. The number of hydrogen-bond donors (Lipinski definition) is 1. The summed E-state index contributed by atoms with van der Waals surface area (Å²) in [4.78, 5) is 0. The van der Waals surface area contributed by atoms with Crippen LogP contribution in [0.4, 0.5) is 0 Å². The molecule has 0 amide bonds. The zero-order chi connectivity index (χ0) is 22.3. The van der Waals surface area contributed by atoms with Gasteiger partial charge in [0.25, 0.3) is 5.97 Å². The number of thiol groups is 1. The minimum atomic E-state index is -0.853. The average molecular weight is 447 g/mol. The summed E-state index contributed by atoms with van der Waals surface area (Å²) in [5.41, 5.74) is 0. The SMILES string of the molecule is CCCCCCCCC(CCCCCCCCCCS)C(OCC)(OCC)OCC. The van der Waals surface area contributed by atoms with Gasteiger partial charge in [0.05, 0.1) is 0 Å². The van der Waals surface area contributed by atoms with Crippen LogP contribution in [0.1, 0.15) is 130 Å². The molecular weight excluding hydrogens is 392 g/mol. The molecule has 1 unspecified atom stereocenters. The van der Waals surface area contributed by atoms with Crippen LogP contribution in [-0.2, 0) is 14.2 Å². The lowest BCUT2D eigenvalue weighted by molar-refractivity contribution is -0.403. The van der Waals surface area contributed by atoms with E-state index in [1.165, 1.54) is 89.9 Å². The highest BCUT2D eigenvalue weighted by Crippen LogP contribution is 2.34. The van der Waals surface area contributed by atoms with E-state index in [4.69, 9.17) is 14.2 Å². The van der Waals surface area contributed by atoms with E-state index >= 15 is 0 Å². The van der Waals surface area contributed by atoms with Gasteiger partial charge in [-0.25, -0.2) is 0 Å². The highest BCUT2D eigenvalue weighted by atomic mass is 32.1. The van der Waals surface area contributed by atoms with E-state index in [1.807, 2.05) is 20.8 Å². The Labute approximate surface area is 194 Å². The molecule has 0 aromatic carbocycles. The second kappa shape index (κ2) is 22.4. The fourth-order valence-corrected chi connectivity index (χ4v) is 4.54. The van der Waals surface area contributed by atoms with Gasteiger partial charge in [0.2, 0.25) is 0 Å². The Morgan fingerprint density at radius 1 is 0.533 bits per heavy atom. The number of ether oxygens (including phenoxy) is 3. The number of hydrogen-bond acceptors (Lipinski definition) is 4. The van der Waals surface area contributed by atoms with Crippen molar-refractivity contribution in [2.24, 2.45) is 5.92 Å². The van der Waals surface area contributed by atoms with Crippen molar-refractivity contribution >= 4 is 12.6 Å². The molecule has 0 aliphatic rings. The van der Waals surface area contributed by atoms with Gasteiger partial charge in [0, 0.05) is 25.7 Å². The Kier molecular flexibility index (Phi) is 22.6. The Hall–Kier alpha value is 0.230. The molecule has 0 aromatic heterocycles. The van der Waals surface area contributed by atoms with E-state index < -0.39 is 5.97 Å². The van der Waals surface area contributed by atoms with Crippen LogP contribution in [0, 0.1) is 5.92 Å². The molecule has 0 heterocycles. The van der Waals surface area contributed by atoms with Crippen LogP contribution in [0.3, 0.4) is 0 Å². The standard InChI is InChI=1S/C26H54O3S/c1-5-9-10-11-16-19-22-25(26(27-6-2,28-7-3)29-8-4)23-20-17-14-12-13-15-18-21-24-30/h25,30H,5-24H2,1-4H3. The van der Waals surface area contributed by atoms with Gasteiger partial charge >= 0.3 is 0 Å². The summed E-state index contributed by atoms with van der Waals surface area (Å²) in [6, 6.07) is 0. The first-order valence-corrected chi connectivity index (χ1v) is 13.9. The van der Waals surface area contributed by atoms with Gasteiger partial charge in [0.1, 0.15) is 0 Å². The van der Waals surface area contributed by atoms with Crippen molar-refractivity contribution in [2.45, 2.75) is 136 Å². The van der Waals surface area contributed by atoms with Crippen LogP contribution in [0.5, 0.6) is 0 Å². The third kappa shape index (κ3) is 15.1. The fraction of sp³-hybridized carbons (Fsp3) is 1.00. The molecule has 0 rings (SSSR count). The van der Waals surface area contributed by atoms with Crippen LogP contribution in [0.15, 0.2) is 0 Å². The summed E-state index contributed by atoms with van der Waals surface area (Å²) >= 11 is 4.29. The maximum absolute atomic E-state index is 6.15. The molecule has 0 aliphatic carbocycles. The lowest BCUT2D eigenvalue weighted by Gasteiger charge is -2.39. The molecule has 0 aliphatic heterocycles. The largest absolute Gasteiger partial charge is 0.328 e. The van der Waals surface area contributed by atoms with Crippen molar-refractivity contribution in [3.8, 4) is 0 Å². The highest BCUT2D eigenvalue weighted by molar-refractivity contribution is 7.80. The van der Waals surface area contributed by atoms with Gasteiger partial charge < -0.3 is 14.2 Å². The smallest absolute Gasteiger partial charge is 0.285 e. The van der Waals surface area contributed by atoms with Gasteiger partial charge in [0.15, 0.2) is 0 Å². The molecule has 1 atom stereocenters. The van der Waals surface area contributed by atoms with Crippen molar-refractivity contribution in [3.63, 3.8) is 0 Å². The summed E-state index contributed by atoms with van der Waals surface area (Å²) in [5.74, 6) is 0.495. The molecule has 0 radical (unpaired) electrons. The quantitative estimate of drug-likeness (QED) is 0.0914. The van der Waals surface area contributed by atoms with Crippen LogP contribution in [-0.4, -0.2) is 31.5 Å². The predicted octanol–water partition coefficient (Wildman–Crippen LogP) is 8.56. The molecule has 3 nitrogen and oxygen atoms in total. The monoisotopic (exact) mass is 446 g/mol. The van der Waals surface area contributed by atoms with E-state index in [9.17, 15) is 0 Å². The molecule has 30 heavy (non-hydrogen) atoms. The van der Waals surface area contributed by atoms with Gasteiger partial charge in [-0.3, -0.25) is 0 Å². The lowest BCUT2D eigenvalue weighted by atomic mass is 9.91. The third-order valence-corrected chi connectivity index (χ3v) is 6.22. The molecule has 182 valence electrons. The van der Waals surface area contributed by atoms with Crippen LogP contribution >= 0.6 is 12.6 Å². The molecular formula is C26H54O3S. The van der Waals surface area contributed by atoms with E-state index in [0.717, 1.165) is 18.6 Å². The first-order valence-electron chi connectivity index (χ1n) is 13.2. The normalized spacial score (nSPS) is 13.1. The molecule has 0 saturated carbocycles. The van der Waals surface area contributed by atoms with E-state index in [1.54, 1.807) is 0 Å². The summed E-state index contributed by atoms with van der Waals surface area (Å²) in [6.45, 7) is 10.3. The lowest BCUT2D eigenvalue weighted by Crippen LogP contribution is -2.46. The minimum Gasteiger partial charge on any atom is -0.328 e. The van der Waals surface area contributed by atoms with Crippen LogP contribution in [0.2, 0.25) is 0 Å². The van der Waals surface area contributed by atoms with Crippen molar-refractivity contribution in [3.05, 3.63) is 0 Å². The molecule has 0 aromatic rings. The van der Waals surface area contributed by atoms with Crippen LogP contribution < -0.4 is 0 Å². The first-order chi connectivity index (χ1) is 14.7. The fourth-order valence-electron chi connectivity index (χ4n) is 4.31. The Balaban J connectivity index is 4.56. The predicted molar refractivity (Wildman–Crippen MR) is 134 cm³/mol. The maximum Gasteiger partial charge on any atom is 0.285 e. The molecule has 0 saturated heterocycles. The zero-order valence-electron chi connectivity index (χ0n) is 20.9. The average Bonchev–Trinajstić information content (AvgIpc) is 2.74. The Bertz CT molecular complexity index is 321. The van der Waals surface area contributed by atoms with Gasteiger partial charge in [-0.1, -0.05) is 90.4 Å². The summed E-state index contributed by atoms with van der Waals surface area (Å²) in [6.07, 6.45) is 20.8.